The summed E-state index contributed by atoms with van der Waals surface area (Å²) in [7, 11) is 0. The third kappa shape index (κ3) is 5.50. The summed E-state index contributed by atoms with van der Waals surface area (Å²) in [5.74, 6) is -0.227. The van der Waals surface area contributed by atoms with Gasteiger partial charge in [-0.15, -0.1) is 0 Å². The Balaban J connectivity index is 1.88. The third-order valence-electron chi connectivity index (χ3n) is 2.80. The SMILES string of the molecule is O=C(NCc1ccnc(OC(F)F)c1)Nc1cccc(CF)c1. The third-order valence-corrected chi connectivity index (χ3v) is 2.80. The van der Waals surface area contributed by atoms with Crippen molar-refractivity contribution in [2.24, 2.45) is 0 Å². The summed E-state index contributed by atoms with van der Waals surface area (Å²) in [6, 6.07) is 8.72. The molecule has 1 heterocycles. The van der Waals surface area contributed by atoms with Gasteiger partial charge in [0.25, 0.3) is 0 Å². The Labute approximate surface area is 130 Å². The van der Waals surface area contributed by atoms with Crippen LogP contribution in [0.4, 0.5) is 23.7 Å². The van der Waals surface area contributed by atoms with E-state index < -0.39 is 19.3 Å². The highest BCUT2D eigenvalue weighted by atomic mass is 19.3. The number of benzene rings is 1. The molecule has 5 nitrogen and oxygen atoms in total. The molecule has 2 rings (SSSR count). The van der Waals surface area contributed by atoms with E-state index in [-0.39, 0.29) is 12.4 Å². The second-order valence-electron chi connectivity index (χ2n) is 4.52. The molecule has 0 saturated carbocycles. The molecular formula is C15H14F3N3O2. The molecule has 0 aliphatic rings. The fraction of sp³-hybridized carbons (Fsp3) is 0.200. The number of pyridine rings is 1. The molecule has 0 atom stereocenters. The minimum Gasteiger partial charge on any atom is -0.417 e. The summed E-state index contributed by atoms with van der Waals surface area (Å²) in [5.41, 5.74) is 1.45. The number of anilines is 1. The smallest absolute Gasteiger partial charge is 0.388 e. The molecule has 0 radical (unpaired) electrons. The van der Waals surface area contributed by atoms with Gasteiger partial charge in [0, 0.05) is 24.5 Å². The monoisotopic (exact) mass is 325 g/mol. The van der Waals surface area contributed by atoms with Gasteiger partial charge in [-0.05, 0) is 29.3 Å². The van der Waals surface area contributed by atoms with Crippen molar-refractivity contribution in [3.05, 3.63) is 53.7 Å². The highest BCUT2D eigenvalue weighted by molar-refractivity contribution is 5.89. The molecule has 0 aliphatic carbocycles. The summed E-state index contributed by atoms with van der Waals surface area (Å²) in [6.45, 7) is -3.49. The molecule has 2 amide bonds. The van der Waals surface area contributed by atoms with Crippen molar-refractivity contribution in [2.75, 3.05) is 5.32 Å². The van der Waals surface area contributed by atoms with E-state index in [2.05, 4.69) is 20.4 Å². The lowest BCUT2D eigenvalue weighted by Crippen LogP contribution is -2.28. The van der Waals surface area contributed by atoms with Gasteiger partial charge in [-0.2, -0.15) is 8.78 Å². The van der Waals surface area contributed by atoms with Crippen molar-refractivity contribution in [3.8, 4) is 5.88 Å². The number of carbonyl (C=O) groups excluding carboxylic acids is 1. The fourth-order valence-corrected chi connectivity index (χ4v) is 1.81. The van der Waals surface area contributed by atoms with Crippen LogP contribution >= 0.6 is 0 Å². The standard InChI is InChI=1S/C15H14F3N3O2/c16-8-10-2-1-3-12(6-10)21-15(22)20-9-11-4-5-19-13(7-11)23-14(17)18/h1-7,14H,8-9H2,(H2,20,21,22). The number of nitrogens with zero attached hydrogens (tertiary/aromatic N) is 1. The Hall–Kier alpha value is -2.77. The van der Waals surface area contributed by atoms with Gasteiger partial charge < -0.3 is 15.4 Å². The molecule has 0 bridgehead atoms. The molecule has 1 aromatic carbocycles. The minimum absolute atomic E-state index is 0.0940. The number of nitrogens with one attached hydrogen (secondary N) is 2. The quantitative estimate of drug-likeness (QED) is 0.855. The van der Waals surface area contributed by atoms with Crippen LogP contribution in [0.5, 0.6) is 5.88 Å². The summed E-state index contributed by atoms with van der Waals surface area (Å²) >= 11 is 0. The Morgan fingerprint density at radius 3 is 2.78 bits per heavy atom. The molecule has 1 aromatic heterocycles. The molecule has 0 fully saturated rings. The maximum Gasteiger partial charge on any atom is 0.388 e. The minimum atomic E-state index is -2.96. The molecule has 0 aliphatic heterocycles. The van der Waals surface area contributed by atoms with E-state index in [9.17, 15) is 18.0 Å². The number of rotatable bonds is 6. The van der Waals surface area contributed by atoms with Crippen LogP contribution in [0.3, 0.4) is 0 Å². The van der Waals surface area contributed by atoms with Crippen molar-refractivity contribution in [2.45, 2.75) is 19.8 Å². The predicted molar refractivity (Wildman–Crippen MR) is 78.0 cm³/mol. The zero-order valence-electron chi connectivity index (χ0n) is 11.9. The van der Waals surface area contributed by atoms with Crippen molar-refractivity contribution < 1.29 is 22.7 Å². The predicted octanol–water partition coefficient (Wildman–Crippen LogP) is 3.47. The van der Waals surface area contributed by atoms with E-state index in [1.165, 1.54) is 18.3 Å². The van der Waals surface area contributed by atoms with Crippen LogP contribution in [-0.4, -0.2) is 17.6 Å². The summed E-state index contributed by atoms with van der Waals surface area (Å²) in [4.78, 5) is 15.4. The normalized spacial score (nSPS) is 10.4. The van der Waals surface area contributed by atoms with Crippen molar-refractivity contribution in [1.82, 2.24) is 10.3 Å². The first-order chi connectivity index (χ1) is 11.1. The van der Waals surface area contributed by atoms with Crippen LogP contribution < -0.4 is 15.4 Å². The average Bonchev–Trinajstić information content (AvgIpc) is 2.53. The van der Waals surface area contributed by atoms with E-state index in [0.717, 1.165) is 0 Å². The van der Waals surface area contributed by atoms with Gasteiger partial charge in [-0.3, -0.25) is 0 Å². The molecule has 0 spiro atoms. The van der Waals surface area contributed by atoms with Crippen molar-refractivity contribution in [3.63, 3.8) is 0 Å². The number of carbonyl (C=O) groups is 1. The molecule has 122 valence electrons. The molecule has 23 heavy (non-hydrogen) atoms. The van der Waals surface area contributed by atoms with Gasteiger partial charge in [0.15, 0.2) is 0 Å². The van der Waals surface area contributed by atoms with Gasteiger partial charge >= 0.3 is 12.6 Å². The molecular weight excluding hydrogens is 311 g/mol. The molecule has 0 saturated heterocycles. The molecule has 0 unspecified atom stereocenters. The van der Waals surface area contributed by atoms with Crippen LogP contribution in [0, 0.1) is 0 Å². The summed E-state index contributed by atoms with van der Waals surface area (Å²) in [5, 5.41) is 5.10. The maximum absolute atomic E-state index is 12.5. The van der Waals surface area contributed by atoms with E-state index in [0.29, 0.717) is 16.8 Å². The second kappa shape index (κ2) is 8.02. The summed E-state index contributed by atoms with van der Waals surface area (Å²) < 4.78 is 40.9. The molecule has 2 N–H and O–H groups in total. The lowest BCUT2D eigenvalue weighted by Gasteiger charge is -2.09. The highest BCUT2D eigenvalue weighted by Gasteiger charge is 2.07. The first kappa shape index (κ1) is 16.6. The van der Waals surface area contributed by atoms with Crippen LogP contribution in [0.1, 0.15) is 11.1 Å². The van der Waals surface area contributed by atoms with Gasteiger partial charge in [-0.25, -0.2) is 14.2 Å². The number of ether oxygens (including phenoxy) is 1. The van der Waals surface area contributed by atoms with E-state index in [4.69, 9.17) is 0 Å². The Morgan fingerprint density at radius 1 is 1.22 bits per heavy atom. The number of urea groups is 1. The van der Waals surface area contributed by atoms with Gasteiger partial charge in [-0.1, -0.05) is 12.1 Å². The maximum atomic E-state index is 12.5. The van der Waals surface area contributed by atoms with E-state index in [1.807, 2.05) is 0 Å². The topological polar surface area (TPSA) is 63.2 Å². The Morgan fingerprint density at radius 2 is 2.04 bits per heavy atom. The lowest BCUT2D eigenvalue weighted by atomic mass is 10.2. The van der Waals surface area contributed by atoms with Crippen molar-refractivity contribution in [1.29, 1.82) is 0 Å². The van der Waals surface area contributed by atoms with Crippen molar-refractivity contribution >= 4 is 11.7 Å². The van der Waals surface area contributed by atoms with E-state index in [1.54, 1.807) is 24.3 Å². The van der Waals surface area contributed by atoms with Gasteiger partial charge in [0.2, 0.25) is 5.88 Å². The first-order valence-electron chi connectivity index (χ1n) is 6.66. The number of aromatic nitrogens is 1. The van der Waals surface area contributed by atoms with Gasteiger partial charge in [0.1, 0.15) is 6.67 Å². The lowest BCUT2D eigenvalue weighted by molar-refractivity contribution is -0.0528. The second-order valence-corrected chi connectivity index (χ2v) is 4.52. The van der Waals surface area contributed by atoms with Crippen LogP contribution in [-0.2, 0) is 13.2 Å². The first-order valence-corrected chi connectivity index (χ1v) is 6.66. The number of hydrogen-bond acceptors (Lipinski definition) is 3. The van der Waals surface area contributed by atoms with E-state index >= 15 is 0 Å². The zero-order chi connectivity index (χ0) is 16.7. The van der Waals surface area contributed by atoms with Crippen LogP contribution in [0.2, 0.25) is 0 Å². The van der Waals surface area contributed by atoms with Crippen LogP contribution in [0.15, 0.2) is 42.6 Å². The number of amides is 2. The summed E-state index contributed by atoms with van der Waals surface area (Å²) in [6.07, 6.45) is 1.30. The van der Waals surface area contributed by atoms with Gasteiger partial charge in [0.05, 0.1) is 0 Å². The zero-order valence-corrected chi connectivity index (χ0v) is 11.9. The Kier molecular flexibility index (Phi) is 5.79. The largest absolute Gasteiger partial charge is 0.417 e. The Bertz CT molecular complexity index is 668. The van der Waals surface area contributed by atoms with Crippen LogP contribution in [0.25, 0.3) is 0 Å². The number of hydrogen-bond donors (Lipinski definition) is 2. The molecule has 2 aromatic rings. The molecule has 8 heteroatoms. The average molecular weight is 325 g/mol. The number of halogens is 3. The highest BCUT2D eigenvalue weighted by Crippen LogP contribution is 2.13. The number of alkyl halides is 3. The fourth-order valence-electron chi connectivity index (χ4n) is 1.81.